The summed E-state index contributed by atoms with van der Waals surface area (Å²) in [5.74, 6) is 0.718. The van der Waals surface area contributed by atoms with Crippen molar-refractivity contribution in [1.82, 2.24) is 9.97 Å². The molecule has 1 heterocycles. The van der Waals surface area contributed by atoms with Gasteiger partial charge in [0.2, 0.25) is 0 Å². The molecule has 2 aromatic rings. The van der Waals surface area contributed by atoms with Crippen LogP contribution in [0.1, 0.15) is 5.56 Å². The van der Waals surface area contributed by atoms with Crippen molar-refractivity contribution in [2.75, 3.05) is 7.11 Å². The average molecular weight is 276 g/mol. The van der Waals surface area contributed by atoms with Gasteiger partial charge in [-0.1, -0.05) is 16.9 Å². The van der Waals surface area contributed by atoms with Crippen LogP contribution in [0.2, 0.25) is 0 Å². The number of ether oxygens (including phenoxy) is 1. The third kappa shape index (κ3) is 3.14. The highest BCUT2D eigenvalue weighted by Gasteiger charge is 2.11. The van der Waals surface area contributed by atoms with E-state index >= 15 is 0 Å². The zero-order chi connectivity index (χ0) is 13.7. The number of oxime groups is 1. The minimum absolute atomic E-state index is 0.0362. The van der Waals surface area contributed by atoms with Crippen molar-refractivity contribution in [3.63, 3.8) is 0 Å². The molecule has 0 unspecified atom stereocenters. The Morgan fingerprint density at radius 1 is 1.42 bits per heavy atom. The van der Waals surface area contributed by atoms with E-state index in [1.165, 1.54) is 11.8 Å². The Bertz CT molecular complexity index is 590. The topological polar surface area (TPSA) is 93.6 Å². The largest absolute Gasteiger partial charge is 0.497 e. The minimum atomic E-state index is 0.0362. The zero-order valence-electron chi connectivity index (χ0n) is 10.1. The van der Waals surface area contributed by atoms with Gasteiger partial charge in [0, 0.05) is 22.9 Å². The molecule has 0 aliphatic rings. The molecule has 0 saturated heterocycles. The molecule has 0 spiro atoms. The second-order valence-corrected chi connectivity index (χ2v) is 4.56. The van der Waals surface area contributed by atoms with Gasteiger partial charge >= 0.3 is 0 Å². The van der Waals surface area contributed by atoms with E-state index in [9.17, 15) is 0 Å². The summed E-state index contributed by atoms with van der Waals surface area (Å²) in [7, 11) is 1.58. The predicted molar refractivity (Wildman–Crippen MR) is 71.7 cm³/mol. The smallest absolute Gasteiger partial charge is 0.171 e. The Morgan fingerprint density at radius 2 is 2.26 bits per heavy atom. The van der Waals surface area contributed by atoms with Crippen LogP contribution in [0.25, 0.3) is 0 Å². The maximum absolute atomic E-state index is 8.80. The molecule has 98 valence electrons. The Kier molecular flexibility index (Phi) is 4.19. The van der Waals surface area contributed by atoms with Crippen LogP contribution in [0.3, 0.4) is 0 Å². The summed E-state index contributed by atoms with van der Waals surface area (Å²) in [6.07, 6.45) is 4.84. The van der Waals surface area contributed by atoms with Crippen LogP contribution in [0, 0.1) is 0 Å². The number of nitrogens with two attached hydrogens (primary N) is 1. The molecule has 19 heavy (non-hydrogen) atoms. The summed E-state index contributed by atoms with van der Waals surface area (Å²) in [5, 5.41) is 12.5. The van der Waals surface area contributed by atoms with E-state index in [4.69, 9.17) is 15.7 Å². The highest BCUT2D eigenvalue weighted by molar-refractivity contribution is 7.99. The highest BCUT2D eigenvalue weighted by Crippen LogP contribution is 2.31. The Hall–Kier alpha value is -2.28. The molecule has 6 nitrogen and oxygen atoms in total. The molecule has 7 heteroatoms. The molecule has 1 aromatic carbocycles. The first-order valence-electron chi connectivity index (χ1n) is 5.34. The third-order valence-electron chi connectivity index (χ3n) is 2.33. The highest BCUT2D eigenvalue weighted by atomic mass is 32.2. The summed E-state index contributed by atoms with van der Waals surface area (Å²) in [6, 6.07) is 5.27. The van der Waals surface area contributed by atoms with Gasteiger partial charge in [-0.25, -0.2) is 4.98 Å². The van der Waals surface area contributed by atoms with Gasteiger partial charge in [-0.15, -0.1) is 0 Å². The van der Waals surface area contributed by atoms with Gasteiger partial charge in [0.15, 0.2) is 5.84 Å². The van der Waals surface area contributed by atoms with Crippen LogP contribution in [0.15, 0.2) is 51.9 Å². The number of nitrogens with zero attached hydrogens (tertiary/aromatic N) is 3. The molecular formula is C12H12N4O2S. The molecule has 0 saturated carbocycles. The van der Waals surface area contributed by atoms with Gasteiger partial charge in [-0.05, 0) is 18.2 Å². The maximum Gasteiger partial charge on any atom is 0.171 e. The van der Waals surface area contributed by atoms with E-state index in [0.717, 1.165) is 4.90 Å². The Morgan fingerprint density at radius 3 is 2.89 bits per heavy atom. The molecule has 3 N–H and O–H groups in total. The van der Waals surface area contributed by atoms with E-state index in [1.807, 2.05) is 0 Å². The molecule has 0 amide bonds. The zero-order valence-corrected chi connectivity index (χ0v) is 11.0. The van der Waals surface area contributed by atoms with Crippen molar-refractivity contribution < 1.29 is 9.94 Å². The summed E-state index contributed by atoms with van der Waals surface area (Å²) in [6.45, 7) is 0. The summed E-state index contributed by atoms with van der Waals surface area (Å²) >= 11 is 1.36. The SMILES string of the molecule is COc1ccc(/C(N)=N/O)c(Sc2cnccn2)c1. The van der Waals surface area contributed by atoms with Crippen molar-refractivity contribution in [2.45, 2.75) is 9.92 Å². The lowest BCUT2D eigenvalue weighted by atomic mass is 10.2. The van der Waals surface area contributed by atoms with Crippen LogP contribution in [0.5, 0.6) is 5.75 Å². The fourth-order valence-corrected chi connectivity index (χ4v) is 2.34. The third-order valence-corrected chi connectivity index (χ3v) is 3.30. The van der Waals surface area contributed by atoms with Gasteiger partial charge in [0.25, 0.3) is 0 Å². The number of rotatable bonds is 4. The standard InChI is InChI=1S/C12H12N4O2S/c1-18-8-2-3-9(12(13)16-17)10(6-8)19-11-7-14-4-5-15-11/h2-7,17H,1H3,(H2,13,16). The first-order chi connectivity index (χ1) is 9.24. The summed E-state index contributed by atoms with van der Waals surface area (Å²) < 4.78 is 5.17. The first kappa shape index (κ1) is 13.2. The van der Waals surface area contributed by atoms with E-state index in [0.29, 0.717) is 16.3 Å². The van der Waals surface area contributed by atoms with Gasteiger partial charge in [0.05, 0.1) is 13.3 Å². The predicted octanol–water partition coefficient (Wildman–Crippen LogP) is 1.73. The van der Waals surface area contributed by atoms with Crippen LogP contribution >= 0.6 is 11.8 Å². The van der Waals surface area contributed by atoms with Crippen molar-refractivity contribution in [3.8, 4) is 5.75 Å². The molecule has 2 rings (SSSR count). The lowest BCUT2D eigenvalue weighted by Crippen LogP contribution is -2.14. The average Bonchev–Trinajstić information content (AvgIpc) is 2.47. The lowest BCUT2D eigenvalue weighted by molar-refractivity contribution is 0.318. The van der Waals surface area contributed by atoms with Crippen molar-refractivity contribution >= 4 is 17.6 Å². The van der Waals surface area contributed by atoms with Crippen LogP contribution in [0.4, 0.5) is 0 Å². The van der Waals surface area contributed by atoms with E-state index < -0.39 is 0 Å². The number of aromatic nitrogens is 2. The van der Waals surface area contributed by atoms with Crippen LogP contribution < -0.4 is 10.5 Å². The number of methoxy groups -OCH3 is 1. The second kappa shape index (κ2) is 6.05. The molecule has 0 radical (unpaired) electrons. The minimum Gasteiger partial charge on any atom is -0.497 e. The number of hydrogen-bond acceptors (Lipinski definition) is 6. The fraction of sp³-hybridized carbons (Fsp3) is 0.0833. The maximum atomic E-state index is 8.80. The molecule has 0 atom stereocenters. The van der Waals surface area contributed by atoms with Crippen molar-refractivity contribution in [1.29, 1.82) is 0 Å². The Balaban J connectivity index is 2.41. The van der Waals surface area contributed by atoms with Crippen molar-refractivity contribution in [2.24, 2.45) is 10.9 Å². The Labute approximate surface area is 114 Å². The normalized spacial score (nSPS) is 11.3. The quantitative estimate of drug-likeness (QED) is 0.382. The molecule has 0 aliphatic carbocycles. The number of hydrogen-bond donors (Lipinski definition) is 2. The molecule has 1 aromatic heterocycles. The monoisotopic (exact) mass is 276 g/mol. The van der Waals surface area contributed by atoms with Crippen LogP contribution in [-0.4, -0.2) is 28.1 Å². The molecule has 0 bridgehead atoms. The second-order valence-electron chi connectivity index (χ2n) is 3.49. The van der Waals surface area contributed by atoms with E-state index in [1.54, 1.807) is 43.9 Å². The summed E-state index contributed by atoms with van der Waals surface area (Å²) in [5.41, 5.74) is 6.26. The van der Waals surface area contributed by atoms with Crippen molar-refractivity contribution in [3.05, 3.63) is 42.4 Å². The number of benzene rings is 1. The molecule has 0 aliphatic heterocycles. The lowest BCUT2D eigenvalue weighted by Gasteiger charge is -2.09. The van der Waals surface area contributed by atoms with E-state index in [-0.39, 0.29) is 5.84 Å². The fourth-order valence-electron chi connectivity index (χ4n) is 1.43. The van der Waals surface area contributed by atoms with Gasteiger partial charge in [0.1, 0.15) is 10.8 Å². The van der Waals surface area contributed by atoms with E-state index in [2.05, 4.69) is 15.1 Å². The van der Waals surface area contributed by atoms with Gasteiger partial charge in [-0.2, -0.15) is 0 Å². The van der Waals surface area contributed by atoms with Crippen LogP contribution in [-0.2, 0) is 0 Å². The first-order valence-corrected chi connectivity index (χ1v) is 6.16. The summed E-state index contributed by atoms with van der Waals surface area (Å²) in [4.78, 5) is 8.94. The van der Waals surface area contributed by atoms with Gasteiger partial charge in [-0.3, -0.25) is 4.98 Å². The number of amidine groups is 1. The molecular weight excluding hydrogens is 264 g/mol. The molecule has 0 fully saturated rings. The van der Waals surface area contributed by atoms with Gasteiger partial charge < -0.3 is 15.7 Å².